The number of allylic oxidation sites excluding steroid dienone is 2. The predicted octanol–water partition coefficient (Wildman–Crippen LogP) is 5.39. The van der Waals surface area contributed by atoms with Crippen LogP contribution in [0.15, 0.2) is 92.0 Å². The molecule has 0 aliphatic carbocycles. The highest BCUT2D eigenvalue weighted by molar-refractivity contribution is 6.32. The van der Waals surface area contributed by atoms with Crippen LogP contribution in [0, 0.1) is 0 Å². The first-order chi connectivity index (χ1) is 16.3. The number of halogens is 1. The molecule has 0 heterocycles. The van der Waals surface area contributed by atoms with Crippen molar-refractivity contribution in [3.63, 3.8) is 0 Å². The molecule has 0 bridgehead atoms. The van der Waals surface area contributed by atoms with Crippen molar-refractivity contribution in [3.8, 4) is 5.75 Å². The number of carbonyl (C=O) groups is 4. The molecule has 0 aliphatic heterocycles. The lowest BCUT2D eigenvalue weighted by Crippen LogP contribution is -2.10. The summed E-state index contributed by atoms with van der Waals surface area (Å²) in [5, 5.41) is 0.112. The van der Waals surface area contributed by atoms with E-state index in [-0.39, 0.29) is 41.0 Å². The summed E-state index contributed by atoms with van der Waals surface area (Å²) in [5.74, 6) is -0.976. The molecule has 170 valence electrons. The minimum Gasteiger partial charge on any atom is -0.421 e. The molecule has 5 nitrogen and oxygen atoms in total. The van der Waals surface area contributed by atoms with Crippen molar-refractivity contribution in [2.75, 3.05) is 0 Å². The molecule has 34 heavy (non-hydrogen) atoms. The normalized spacial score (nSPS) is 10.3. The highest BCUT2D eigenvalue weighted by Gasteiger charge is 2.15. The van der Waals surface area contributed by atoms with Crippen LogP contribution in [0.4, 0.5) is 0 Å². The molecular formula is C28H21ClO5. The summed E-state index contributed by atoms with van der Waals surface area (Å²) in [6.07, 6.45) is 2.94. The number of ketones is 3. The molecule has 6 heteroatoms. The fraction of sp³-hybridized carbons (Fsp3) is 0.0714. The Kier molecular flexibility index (Phi) is 8.06. The molecule has 0 unspecified atom stereocenters. The summed E-state index contributed by atoms with van der Waals surface area (Å²) >= 11 is 6.27. The van der Waals surface area contributed by atoms with E-state index in [1.54, 1.807) is 48.5 Å². The second-order valence-corrected chi connectivity index (χ2v) is 7.86. The van der Waals surface area contributed by atoms with E-state index in [2.05, 4.69) is 13.2 Å². The number of carbonyl (C=O) groups excluding carboxylic acids is 4. The summed E-state index contributed by atoms with van der Waals surface area (Å²) in [6, 6.07) is 17.6. The standard InChI is InChI=1S/C28H21ClO5/c1-3-23(30)15-18-5-9-20(10-6-18)27(32)22-13-14-26(25(29)17-22)34-28(33)21-11-7-19(8-12-21)16-24(31)4-2/h3-14,17H,1-2,15-16H2. The van der Waals surface area contributed by atoms with Gasteiger partial charge in [-0.05, 0) is 53.6 Å². The zero-order valence-corrected chi connectivity index (χ0v) is 19.0. The third-order valence-electron chi connectivity index (χ3n) is 5.01. The average Bonchev–Trinajstić information content (AvgIpc) is 2.85. The van der Waals surface area contributed by atoms with Gasteiger partial charge in [0.25, 0.3) is 0 Å². The fourth-order valence-corrected chi connectivity index (χ4v) is 3.35. The molecule has 0 spiro atoms. The van der Waals surface area contributed by atoms with Crippen LogP contribution in [0.3, 0.4) is 0 Å². The van der Waals surface area contributed by atoms with Crippen LogP contribution in [0.1, 0.15) is 37.4 Å². The Morgan fingerprint density at radius 3 is 1.65 bits per heavy atom. The number of rotatable bonds is 10. The quantitative estimate of drug-likeness (QED) is 0.171. The zero-order chi connectivity index (χ0) is 24.7. The highest BCUT2D eigenvalue weighted by atomic mass is 35.5. The number of hydrogen-bond donors (Lipinski definition) is 0. The smallest absolute Gasteiger partial charge is 0.343 e. The molecule has 3 aromatic carbocycles. The van der Waals surface area contributed by atoms with Crippen molar-refractivity contribution in [1.82, 2.24) is 0 Å². The van der Waals surface area contributed by atoms with Crippen LogP contribution in [0.2, 0.25) is 5.02 Å². The number of benzene rings is 3. The minimum absolute atomic E-state index is 0.102. The number of ether oxygens (including phenoxy) is 1. The number of esters is 1. The van der Waals surface area contributed by atoms with Crippen LogP contribution < -0.4 is 4.74 Å². The van der Waals surface area contributed by atoms with Crippen molar-refractivity contribution in [1.29, 1.82) is 0 Å². The van der Waals surface area contributed by atoms with Crippen LogP contribution >= 0.6 is 11.6 Å². The monoisotopic (exact) mass is 472 g/mol. The maximum atomic E-state index is 12.8. The van der Waals surface area contributed by atoms with Gasteiger partial charge in [-0.2, -0.15) is 0 Å². The predicted molar refractivity (Wildman–Crippen MR) is 131 cm³/mol. The fourth-order valence-electron chi connectivity index (χ4n) is 3.13. The van der Waals surface area contributed by atoms with Crippen molar-refractivity contribution < 1.29 is 23.9 Å². The molecule has 0 saturated carbocycles. The van der Waals surface area contributed by atoms with E-state index < -0.39 is 5.97 Å². The van der Waals surface area contributed by atoms with E-state index in [0.29, 0.717) is 16.7 Å². The third-order valence-corrected chi connectivity index (χ3v) is 5.31. The van der Waals surface area contributed by atoms with Gasteiger partial charge in [0, 0.05) is 24.0 Å². The van der Waals surface area contributed by atoms with Gasteiger partial charge in [0.2, 0.25) is 0 Å². The second-order valence-electron chi connectivity index (χ2n) is 7.45. The molecule has 0 aromatic heterocycles. The Bertz CT molecular complexity index is 1270. The summed E-state index contributed by atoms with van der Waals surface area (Å²) in [6.45, 7) is 6.88. The summed E-state index contributed by atoms with van der Waals surface area (Å²) in [4.78, 5) is 48.2. The maximum Gasteiger partial charge on any atom is 0.343 e. The Labute approximate surface area is 202 Å². The summed E-state index contributed by atoms with van der Waals surface area (Å²) in [5.41, 5.74) is 2.59. The van der Waals surface area contributed by atoms with Crippen molar-refractivity contribution in [3.05, 3.63) is 125 Å². The molecule has 0 saturated heterocycles. The van der Waals surface area contributed by atoms with Gasteiger partial charge >= 0.3 is 5.97 Å². The minimum atomic E-state index is -0.618. The molecule has 0 fully saturated rings. The van der Waals surface area contributed by atoms with E-state index in [4.69, 9.17) is 16.3 Å². The van der Waals surface area contributed by atoms with Gasteiger partial charge in [-0.3, -0.25) is 14.4 Å². The van der Waals surface area contributed by atoms with Crippen LogP contribution in [-0.2, 0) is 22.4 Å². The van der Waals surface area contributed by atoms with Gasteiger partial charge in [-0.1, -0.05) is 61.2 Å². The maximum absolute atomic E-state index is 12.8. The van der Waals surface area contributed by atoms with Gasteiger partial charge in [-0.15, -0.1) is 0 Å². The summed E-state index contributed by atoms with van der Waals surface area (Å²) < 4.78 is 5.37. The van der Waals surface area contributed by atoms with E-state index in [9.17, 15) is 19.2 Å². The van der Waals surface area contributed by atoms with Gasteiger partial charge in [0.15, 0.2) is 17.3 Å². The second kappa shape index (κ2) is 11.2. The zero-order valence-electron chi connectivity index (χ0n) is 18.3. The van der Waals surface area contributed by atoms with E-state index in [1.165, 1.54) is 30.4 Å². The lowest BCUT2D eigenvalue weighted by Gasteiger charge is -2.09. The molecular weight excluding hydrogens is 452 g/mol. The Morgan fingerprint density at radius 1 is 0.706 bits per heavy atom. The molecule has 0 amide bonds. The van der Waals surface area contributed by atoms with E-state index >= 15 is 0 Å². The van der Waals surface area contributed by atoms with Crippen LogP contribution in [0.25, 0.3) is 0 Å². The largest absolute Gasteiger partial charge is 0.421 e. The first kappa shape index (κ1) is 24.6. The number of hydrogen-bond acceptors (Lipinski definition) is 5. The third kappa shape index (κ3) is 6.24. The first-order valence-electron chi connectivity index (χ1n) is 10.4. The average molecular weight is 473 g/mol. The van der Waals surface area contributed by atoms with Gasteiger partial charge in [0.05, 0.1) is 10.6 Å². The molecule has 3 aromatic rings. The lowest BCUT2D eigenvalue weighted by molar-refractivity contribution is -0.114. The van der Waals surface area contributed by atoms with Crippen molar-refractivity contribution in [2.24, 2.45) is 0 Å². The van der Waals surface area contributed by atoms with Crippen LogP contribution in [0.5, 0.6) is 5.75 Å². The topological polar surface area (TPSA) is 77.5 Å². The van der Waals surface area contributed by atoms with Crippen LogP contribution in [-0.4, -0.2) is 23.3 Å². The van der Waals surface area contributed by atoms with E-state index in [1.807, 2.05) is 0 Å². The summed E-state index contributed by atoms with van der Waals surface area (Å²) in [7, 11) is 0. The molecule has 0 atom stereocenters. The molecule has 3 rings (SSSR count). The Morgan fingerprint density at radius 2 is 1.18 bits per heavy atom. The molecule has 0 radical (unpaired) electrons. The molecule has 0 N–H and O–H groups in total. The highest BCUT2D eigenvalue weighted by Crippen LogP contribution is 2.27. The lowest BCUT2D eigenvalue weighted by atomic mass is 10.0. The van der Waals surface area contributed by atoms with Gasteiger partial charge in [0.1, 0.15) is 5.75 Å². The van der Waals surface area contributed by atoms with Gasteiger partial charge in [-0.25, -0.2) is 4.79 Å². The van der Waals surface area contributed by atoms with Gasteiger partial charge < -0.3 is 4.74 Å². The molecule has 0 aliphatic rings. The van der Waals surface area contributed by atoms with E-state index in [0.717, 1.165) is 11.1 Å². The SMILES string of the molecule is C=CC(=O)Cc1ccc(C(=O)Oc2ccc(C(=O)c3ccc(CC(=O)C=C)cc3)cc2Cl)cc1. The Hall–Kier alpha value is -4.09. The van der Waals surface area contributed by atoms with Crippen molar-refractivity contribution >= 4 is 34.9 Å². The Balaban J connectivity index is 1.68. The first-order valence-corrected chi connectivity index (χ1v) is 10.7. The van der Waals surface area contributed by atoms with Crippen molar-refractivity contribution in [2.45, 2.75) is 12.8 Å².